The third-order valence-electron chi connectivity index (χ3n) is 7.41. The highest BCUT2D eigenvalue weighted by molar-refractivity contribution is 6.31. The van der Waals surface area contributed by atoms with E-state index in [1.807, 2.05) is 0 Å². The number of fused-ring (bicyclic) bond motifs is 3. The third kappa shape index (κ3) is 3.73. The first-order chi connectivity index (χ1) is 18.0. The average Bonchev–Trinajstić information content (AvgIpc) is 2.89. The fourth-order valence-electron chi connectivity index (χ4n) is 5.36. The van der Waals surface area contributed by atoms with E-state index in [-0.39, 0.29) is 46.6 Å². The van der Waals surface area contributed by atoms with E-state index in [1.165, 1.54) is 39.3 Å². The van der Waals surface area contributed by atoms with Crippen molar-refractivity contribution < 1.29 is 53.8 Å². The van der Waals surface area contributed by atoms with Crippen LogP contribution in [0.4, 0.5) is 0 Å². The standard InChI is InChI=1S/C27H26O11/c1-11(28)27(34)8-13-20(17(9-27)38-18-7-16(36-3)14(29)10-37-18)26(33)22-21(24(13)31)23(30)12-5-4-6-15(35-2)19(12)25(22)32/h4-6,10,16-18,29,31,33-34H,7-9H2,1-3H3/t16?,17-,18?,27-/m0/s1. The van der Waals surface area contributed by atoms with Crippen molar-refractivity contribution in [1.29, 1.82) is 0 Å². The summed E-state index contributed by atoms with van der Waals surface area (Å²) in [6, 6.07) is 4.42. The second-order valence-electron chi connectivity index (χ2n) is 9.54. The summed E-state index contributed by atoms with van der Waals surface area (Å²) >= 11 is 0. The molecule has 4 N–H and O–H groups in total. The van der Waals surface area contributed by atoms with Gasteiger partial charge in [0, 0.05) is 43.1 Å². The summed E-state index contributed by atoms with van der Waals surface area (Å²) in [5.74, 6) is -3.38. The van der Waals surface area contributed by atoms with Gasteiger partial charge in [0.2, 0.25) is 12.1 Å². The van der Waals surface area contributed by atoms with Gasteiger partial charge in [-0.15, -0.1) is 0 Å². The minimum Gasteiger partial charge on any atom is -0.507 e. The lowest BCUT2D eigenvalue weighted by molar-refractivity contribution is -0.189. The summed E-state index contributed by atoms with van der Waals surface area (Å²) in [6.07, 6.45) is -2.74. The number of rotatable bonds is 5. The number of phenols is 2. The van der Waals surface area contributed by atoms with Gasteiger partial charge in [-0.25, -0.2) is 0 Å². The largest absolute Gasteiger partial charge is 0.507 e. The number of carbonyl (C=O) groups excluding carboxylic acids is 3. The molecule has 0 aromatic heterocycles. The maximum Gasteiger partial charge on any atom is 0.202 e. The van der Waals surface area contributed by atoms with Gasteiger partial charge in [-0.3, -0.25) is 14.4 Å². The van der Waals surface area contributed by atoms with Crippen LogP contribution in [0.25, 0.3) is 0 Å². The summed E-state index contributed by atoms with van der Waals surface area (Å²) in [6.45, 7) is 1.17. The SMILES string of the molecule is COc1cccc2c1C(=O)c1c(O)c3c(c(O)c1C2=O)C[C@@](O)(C(C)=O)C[C@@H]3OC1CC(OC)C(O)=CO1. The number of hydrogen-bond acceptors (Lipinski definition) is 11. The molecule has 11 nitrogen and oxygen atoms in total. The number of carbonyl (C=O) groups is 3. The zero-order chi connectivity index (χ0) is 27.5. The first kappa shape index (κ1) is 25.7. The molecule has 1 heterocycles. The maximum absolute atomic E-state index is 13.6. The van der Waals surface area contributed by atoms with Gasteiger partial charge in [-0.2, -0.15) is 0 Å². The van der Waals surface area contributed by atoms with E-state index in [2.05, 4.69) is 0 Å². The minimum atomic E-state index is -2.01. The van der Waals surface area contributed by atoms with Crippen molar-refractivity contribution in [2.24, 2.45) is 0 Å². The predicted octanol–water partition coefficient (Wildman–Crippen LogP) is 2.37. The predicted molar refractivity (Wildman–Crippen MR) is 128 cm³/mol. The maximum atomic E-state index is 13.6. The zero-order valence-corrected chi connectivity index (χ0v) is 20.8. The summed E-state index contributed by atoms with van der Waals surface area (Å²) in [5, 5.41) is 43.9. The van der Waals surface area contributed by atoms with Gasteiger partial charge in [0.05, 0.1) is 29.9 Å². The number of aliphatic hydroxyl groups is 2. The second kappa shape index (κ2) is 9.12. The molecule has 0 bridgehead atoms. The third-order valence-corrected chi connectivity index (χ3v) is 7.41. The monoisotopic (exact) mass is 526 g/mol. The highest BCUT2D eigenvalue weighted by Crippen LogP contribution is 2.52. The lowest BCUT2D eigenvalue weighted by Crippen LogP contribution is -2.45. The molecule has 3 aliphatic rings. The molecule has 0 spiro atoms. The fourth-order valence-corrected chi connectivity index (χ4v) is 5.36. The lowest BCUT2D eigenvalue weighted by Gasteiger charge is -2.40. The number of methoxy groups -OCH3 is 2. The molecule has 0 radical (unpaired) electrons. The van der Waals surface area contributed by atoms with Gasteiger partial charge in [-0.1, -0.05) is 12.1 Å². The Hall–Kier alpha value is -3.93. The van der Waals surface area contributed by atoms with E-state index >= 15 is 0 Å². The Balaban J connectivity index is 1.68. The molecule has 2 aromatic rings. The number of hydrogen-bond donors (Lipinski definition) is 4. The average molecular weight is 526 g/mol. The molecule has 0 saturated heterocycles. The van der Waals surface area contributed by atoms with Crippen molar-refractivity contribution in [2.75, 3.05) is 14.2 Å². The topological polar surface area (TPSA) is 169 Å². The van der Waals surface area contributed by atoms with Crippen LogP contribution < -0.4 is 4.74 Å². The molecule has 2 unspecified atom stereocenters. The molecule has 1 aliphatic heterocycles. The molecule has 200 valence electrons. The molecule has 2 aromatic carbocycles. The molecule has 5 rings (SSSR count). The van der Waals surface area contributed by atoms with Crippen LogP contribution in [0.3, 0.4) is 0 Å². The minimum absolute atomic E-state index is 0.0188. The Bertz CT molecular complexity index is 1410. The Labute approximate surface area is 216 Å². The van der Waals surface area contributed by atoms with Crippen LogP contribution in [0.1, 0.15) is 68.8 Å². The van der Waals surface area contributed by atoms with Crippen molar-refractivity contribution in [3.8, 4) is 17.2 Å². The zero-order valence-electron chi connectivity index (χ0n) is 20.8. The number of aromatic hydroxyl groups is 2. The molecule has 0 saturated carbocycles. The van der Waals surface area contributed by atoms with Gasteiger partial charge in [-0.05, 0) is 13.0 Å². The van der Waals surface area contributed by atoms with Crippen LogP contribution in [0.15, 0.2) is 30.2 Å². The first-order valence-corrected chi connectivity index (χ1v) is 11.9. The highest BCUT2D eigenvalue weighted by atomic mass is 16.7. The van der Waals surface area contributed by atoms with Crippen molar-refractivity contribution >= 4 is 17.3 Å². The molecular formula is C27H26O11. The Morgan fingerprint density at radius 2 is 1.74 bits per heavy atom. The van der Waals surface area contributed by atoms with Crippen molar-refractivity contribution in [3.63, 3.8) is 0 Å². The molecular weight excluding hydrogens is 500 g/mol. The molecule has 4 atom stereocenters. The van der Waals surface area contributed by atoms with Crippen LogP contribution in [0.5, 0.6) is 17.2 Å². The van der Waals surface area contributed by atoms with E-state index in [9.17, 15) is 34.8 Å². The van der Waals surface area contributed by atoms with Gasteiger partial charge >= 0.3 is 0 Å². The van der Waals surface area contributed by atoms with Crippen molar-refractivity contribution in [3.05, 3.63) is 63.6 Å². The van der Waals surface area contributed by atoms with Gasteiger partial charge in [0.1, 0.15) is 35.2 Å². The van der Waals surface area contributed by atoms with Crippen LogP contribution in [-0.4, -0.2) is 70.0 Å². The van der Waals surface area contributed by atoms with Crippen LogP contribution in [0.2, 0.25) is 0 Å². The van der Waals surface area contributed by atoms with Crippen molar-refractivity contribution in [1.82, 2.24) is 0 Å². The molecule has 2 aliphatic carbocycles. The van der Waals surface area contributed by atoms with Crippen molar-refractivity contribution in [2.45, 2.75) is 50.3 Å². The van der Waals surface area contributed by atoms with Gasteiger partial charge < -0.3 is 39.4 Å². The first-order valence-electron chi connectivity index (χ1n) is 11.9. The van der Waals surface area contributed by atoms with Gasteiger partial charge in [0.15, 0.2) is 17.3 Å². The second-order valence-corrected chi connectivity index (χ2v) is 9.54. The number of Topliss-reactive ketones (excluding diaryl/α,β-unsaturated/α-hetero) is 1. The smallest absolute Gasteiger partial charge is 0.202 e. The number of ketones is 3. The van der Waals surface area contributed by atoms with E-state index in [1.54, 1.807) is 0 Å². The molecule has 0 fully saturated rings. The fraction of sp³-hybridized carbons (Fsp3) is 0.370. The molecule has 0 amide bonds. The Morgan fingerprint density at radius 3 is 2.39 bits per heavy atom. The number of benzene rings is 2. The highest BCUT2D eigenvalue weighted by Gasteiger charge is 2.49. The van der Waals surface area contributed by atoms with Crippen LogP contribution in [-0.2, 0) is 25.4 Å². The quantitative estimate of drug-likeness (QED) is 0.360. The summed E-state index contributed by atoms with van der Waals surface area (Å²) in [5.41, 5.74) is -3.10. The number of phenolic OH excluding ortho intramolecular Hbond substituents is 2. The summed E-state index contributed by atoms with van der Waals surface area (Å²) < 4.78 is 21.9. The Morgan fingerprint density at radius 1 is 1.03 bits per heavy atom. The van der Waals surface area contributed by atoms with E-state index in [4.69, 9.17) is 18.9 Å². The Kier molecular flexibility index (Phi) is 6.17. The molecule has 38 heavy (non-hydrogen) atoms. The lowest BCUT2D eigenvalue weighted by atomic mass is 9.72. The number of ether oxygens (including phenoxy) is 4. The molecule has 11 heteroatoms. The normalized spacial score (nSPS) is 26.0. The van der Waals surface area contributed by atoms with E-state index < -0.39 is 70.5 Å². The van der Waals surface area contributed by atoms with Crippen LogP contribution in [0, 0.1) is 0 Å². The number of aliphatic hydroxyl groups excluding tert-OH is 1. The van der Waals surface area contributed by atoms with Crippen LogP contribution >= 0.6 is 0 Å². The van der Waals surface area contributed by atoms with E-state index in [0.717, 1.165) is 6.26 Å². The van der Waals surface area contributed by atoms with E-state index in [0.29, 0.717) is 0 Å². The summed E-state index contributed by atoms with van der Waals surface area (Å²) in [7, 11) is 2.72. The van der Waals surface area contributed by atoms with Gasteiger partial charge in [0.25, 0.3) is 0 Å². The summed E-state index contributed by atoms with van der Waals surface area (Å²) in [4.78, 5) is 39.6.